The average molecular weight is 300 g/mol. The highest BCUT2D eigenvalue weighted by molar-refractivity contribution is 5.52. The maximum Gasteiger partial charge on any atom is 0.251 e. The number of alkyl halides is 2. The Hall–Kier alpha value is -1.86. The molecule has 0 atom stereocenters. The maximum absolute atomic E-state index is 13.1. The first-order valence-corrected chi connectivity index (χ1v) is 6.40. The van der Waals surface area contributed by atoms with E-state index in [2.05, 4.69) is 4.98 Å². The van der Waals surface area contributed by atoms with Crippen LogP contribution < -0.4 is 0 Å². The minimum Gasteiger partial charge on any atom is -0.444 e. The Balaban J connectivity index is 2.08. The molecule has 0 fully saturated rings. The molecule has 2 rings (SSSR count). The number of aliphatic hydroxyl groups excluding tert-OH is 1. The lowest BCUT2D eigenvalue weighted by Gasteiger charge is -2.18. The Kier molecular flexibility index (Phi) is 5.35. The lowest BCUT2D eigenvalue weighted by Crippen LogP contribution is -2.31. The number of aromatic nitrogens is 1. The van der Waals surface area contributed by atoms with E-state index in [1.807, 2.05) is 0 Å². The van der Waals surface area contributed by atoms with Crippen LogP contribution in [0, 0.1) is 5.82 Å². The van der Waals surface area contributed by atoms with Crippen molar-refractivity contribution < 1.29 is 22.7 Å². The van der Waals surface area contributed by atoms with Crippen molar-refractivity contribution in [1.82, 2.24) is 9.88 Å². The summed E-state index contributed by atoms with van der Waals surface area (Å²) < 4.78 is 43.2. The first-order chi connectivity index (χ1) is 10.1. The molecule has 0 radical (unpaired) electrons. The smallest absolute Gasteiger partial charge is 0.251 e. The molecule has 0 saturated carbocycles. The number of hydrogen-bond donors (Lipinski definition) is 1. The fourth-order valence-corrected chi connectivity index (χ4v) is 1.93. The highest BCUT2D eigenvalue weighted by Crippen LogP contribution is 2.20. The van der Waals surface area contributed by atoms with Gasteiger partial charge in [-0.1, -0.05) is 6.07 Å². The summed E-state index contributed by atoms with van der Waals surface area (Å²) in [5, 5.41) is 8.87. The van der Waals surface area contributed by atoms with Gasteiger partial charge >= 0.3 is 0 Å². The Bertz CT molecular complexity index is 575. The quantitative estimate of drug-likeness (QED) is 0.853. The van der Waals surface area contributed by atoms with Crippen LogP contribution in [0.4, 0.5) is 13.2 Å². The third-order valence-electron chi connectivity index (χ3n) is 2.82. The minimum atomic E-state index is -2.49. The van der Waals surface area contributed by atoms with Gasteiger partial charge in [-0.3, -0.25) is 4.90 Å². The van der Waals surface area contributed by atoms with Crippen molar-refractivity contribution in [3.8, 4) is 11.5 Å². The monoisotopic (exact) mass is 300 g/mol. The summed E-state index contributed by atoms with van der Waals surface area (Å²) in [7, 11) is 0. The summed E-state index contributed by atoms with van der Waals surface area (Å²) in [6.45, 7) is -0.430. The minimum absolute atomic E-state index is 0.118. The average Bonchev–Trinajstić information content (AvgIpc) is 2.87. The normalized spacial score (nSPS) is 11.5. The van der Waals surface area contributed by atoms with Crippen molar-refractivity contribution in [2.75, 3.05) is 19.7 Å². The van der Waals surface area contributed by atoms with Gasteiger partial charge in [-0.2, -0.15) is 0 Å². The van der Waals surface area contributed by atoms with Gasteiger partial charge in [0.25, 0.3) is 6.43 Å². The van der Waals surface area contributed by atoms with Gasteiger partial charge in [-0.05, 0) is 18.2 Å². The molecular weight excluding hydrogens is 285 g/mol. The van der Waals surface area contributed by atoms with E-state index in [4.69, 9.17) is 9.52 Å². The fraction of sp³-hybridized carbons (Fsp3) is 0.357. The molecule has 1 N–H and O–H groups in total. The second-order valence-electron chi connectivity index (χ2n) is 4.50. The molecule has 0 aliphatic heterocycles. The molecule has 0 amide bonds. The molecule has 1 aromatic heterocycles. The molecular formula is C14H15F3N2O2. The summed E-state index contributed by atoms with van der Waals surface area (Å²) >= 11 is 0. The highest BCUT2D eigenvalue weighted by Gasteiger charge is 2.15. The Morgan fingerprint density at radius 2 is 2.14 bits per heavy atom. The molecule has 1 heterocycles. The second kappa shape index (κ2) is 7.24. The van der Waals surface area contributed by atoms with Crippen molar-refractivity contribution in [3.05, 3.63) is 42.0 Å². The predicted molar refractivity (Wildman–Crippen MR) is 70.3 cm³/mol. The molecule has 0 aliphatic rings. The summed E-state index contributed by atoms with van der Waals surface area (Å²) in [5.74, 6) is -0.183. The lowest BCUT2D eigenvalue weighted by molar-refractivity contribution is 0.0740. The molecule has 0 aliphatic carbocycles. The Morgan fingerprint density at radius 3 is 2.81 bits per heavy atom. The van der Waals surface area contributed by atoms with E-state index in [0.29, 0.717) is 11.3 Å². The van der Waals surface area contributed by atoms with Gasteiger partial charge in [0.1, 0.15) is 12.1 Å². The number of hydrogen-bond acceptors (Lipinski definition) is 4. The van der Waals surface area contributed by atoms with Crippen LogP contribution in [0.25, 0.3) is 11.5 Å². The van der Waals surface area contributed by atoms with Crippen LogP contribution in [0.1, 0.15) is 5.69 Å². The van der Waals surface area contributed by atoms with Gasteiger partial charge in [0.15, 0.2) is 0 Å². The van der Waals surface area contributed by atoms with Crippen LogP contribution >= 0.6 is 0 Å². The van der Waals surface area contributed by atoms with Crippen LogP contribution in [0.2, 0.25) is 0 Å². The molecule has 0 unspecified atom stereocenters. The maximum atomic E-state index is 13.1. The number of benzene rings is 1. The van der Waals surface area contributed by atoms with Gasteiger partial charge in [0.05, 0.1) is 18.8 Å². The molecule has 2 aromatic rings. The van der Waals surface area contributed by atoms with E-state index in [9.17, 15) is 13.2 Å². The van der Waals surface area contributed by atoms with Crippen molar-refractivity contribution in [3.63, 3.8) is 0 Å². The van der Waals surface area contributed by atoms with Crippen LogP contribution in [0.3, 0.4) is 0 Å². The highest BCUT2D eigenvalue weighted by atomic mass is 19.3. The molecule has 7 heteroatoms. The topological polar surface area (TPSA) is 49.5 Å². The first-order valence-electron chi connectivity index (χ1n) is 6.40. The standard InChI is InChI=1S/C14H15F3N2O2/c15-11-3-1-2-10(6-11)14-18-12(9-21-14)7-19(4-5-20)8-13(16)17/h1-3,6,9,13,20H,4-5,7-8H2. The first kappa shape index (κ1) is 15.5. The third kappa shape index (κ3) is 4.57. The predicted octanol–water partition coefficient (Wildman–Crippen LogP) is 2.54. The fourth-order valence-electron chi connectivity index (χ4n) is 1.93. The van der Waals surface area contributed by atoms with Gasteiger partial charge in [-0.15, -0.1) is 0 Å². The summed E-state index contributed by atoms with van der Waals surface area (Å²) in [6.07, 6.45) is -1.15. The zero-order chi connectivity index (χ0) is 15.2. The van der Waals surface area contributed by atoms with Crippen molar-refractivity contribution in [2.24, 2.45) is 0 Å². The summed E-state index contributed by atoms with van der Waals surface area (Å²) in [6, 6.07) is 5.76. The van der Waals surface area contributed by atoms with Crippen molar-refractivity contribution in [1.29, 1.82) is 0 Å². The van der Waals surface area contributed by atoms with E-state index >= 15 is 0 Å². The molecule has 4 nitrogen and oxygen atoms in total. The Labute approximate surface area is 119 Å². The van der Waals surface area contributed by atoms with E-state index < -0.39 is 18.8 Å². The number of aliphatic hydroxyl groups is 1. The molecule has 1 aromatic carbocycles. The number of oxazole rings is 1. The van der Waals surface area contributed by atoms with Crippen LogP contribution in [-0.2, 0) is 6.54 Å². The van der Waals surface area contributed by atoms with E-state index in [0.717, 1.165) is 0 Å². The van der Waals surface area contributed by atoms with Crippen LogP contribution in [0.5, 0.6) is 0 Å². The summed E-state index contributed by atoms with van der Waals surface area (Å²) in [4.78, 5) is 5.52. The largest absolute Gasteiger partial charge is 0.444 e. The van der Waals surface area contributed by atoms with Crippen molar-refractivity contribution >= 4 is 0 Å². The lowest BCUT2D eigenvalue weighted by atomic mass is 10.2. The van der Waals surface area contributed by atoms with Crippen LogP contribution in [-0.4, -0.2) is 41.1 Å². The second-order valence-corrected chi connectivity index (χ2v) is 4.50. The van der Waals surface area contributed by atoms with E-state index in [-0.39, 0.29) is 25.6 Å². The number of nitrogens with zero attached hydrogens (tertiary/aromatic N) is 2. The zero-order valence-electron chi connectivity index (χ0n) is 11.2. The van der Waals surface area contributed by atoms with Crippen molar-refractivity contribution in [2.45, 2.75) is 13.0 Å². The summed E-state index contributed by atoms with van der Waals surface area (Å²) in [5.41, 5.74) is 0.923. The zero-order valence-corrected chi connectivity index (χ0v) is 11.2. The SMILES string of the molecule is OCCN(Cc1coc(-c2cccc(F)c2)n1)CC(F)F. The van der Waals surface area contributed by atoms with Gasteiger partial charge in [0.2, 0.25) is 5.89 Å². The molecule has 0 saturated heterocycles. The molecule has 0 bridgehead atoms. The third-order valence-corrected chi connectivity index (χ3v) is 2.82. The van der Waals surface area contributed by atoms with Gasteiger partial charge in [-0.25, -0.2) is 18.2 Å². The molecule has 114 valence electrons. The number of rotatable bonds is 7. The van der Waals surface area contributed by atoms with E-state index in [1.54, 1.807) is 6.07 Å². The number of halogens is 3. The van der Waals surface area contributed by atoms with Crippen LogP contribution in [0.15, 0.2) is 34.9 Å². The molecule has 21 heavy (non-hydrogen) atoms. The van der Waals surface area contributed by atoms with Gasteiger partial charge in [0, 0.05) is 18.7 Å². The molecule has 0 spiro atoms. The van der Waals surface area contributed by atoms with E-state index in [1.165, 1.54) is 29.4 Å². The Morgan fingerprint density at radius 1 is 1.33 bits per heavy atom. The van der Waals surface area contributed by atoms with Gasteiger partial charge < -0.3 is 9.52 Å².